The van der Waals surface area contributed by atoms with Crippen molar-refractivity contribution in [1.29, 1.82) is 0 Å². The van der Waals surface area contributed by atoms with Gasteiger partial charge in [-0.05, 0) is 12.1 Å². The SMILES string of the molecule is Nn1cnnc1SCC(=O)NCCOc1ccccc1. The van der Waals surface area contributed by atoms with Crippen molar-refractivity contribution in [3.63, 3.8) is 0 Å². The van der Waals surface area contributed by atoms with Crippen LogP contribution in [0.4, 0.5) is 0 Å². The lowest BCUT2D eigenvalue weighted by Gasteiger charge is -2.07. The Morgan fingerprint density at radius 3 is 2.90 bits per heavy atom. The third-order valence-corrected chi connectivity index (χ3v) is 3.27. The van der Waals surface area contributed by atoms with E-state index in [2.05, 4.69) is 15.5 Å². The number of nitrogens with two attached hydrogens (primary N) is 1. The highest BCUT2D eigenvalue weighted by Crippen LogP contribution is 2.11. The first-order valence-electron chi connectivity index (χ1n) is 5.98. The number of benzene rings is 1. The molecule has 0 aliphatic carbocycles. The van der Waals surface area contributed by atoms with Gasteiger partial charge in [0.2, 0.25) is 11.1 Å². The minimum Gasteiger partial charge on any atom is -0.492 e. The predicted octanol–water partition coefficient (Wildman–Crippen LogP) is 0.279. The molecule has 0 aliphatic heterocycles. The average molecular weight is 293 g/mol. The second kappa shape index (κ2) is 7.39. The number of hydrogen-bond donors (Lipinski definition) is 2. The lowest BCUT2D eigenvalue weighted by molar-refractivity contribution is -0.118. The normalized spacial score (nSPS) is 10.2. The van der Waals surface area contributed by atoms with Crippen LogP contribution in [0, 0.1) is 0 Å². The van der Waals surface area contributed by atoms with Crippen molar-refractivity contribution < 1.29 is 9.53 Å². The maximum absolute atomic E-state index is 11.6. The van der Waals surface area contributed by atoms with Crippen LogP contribution in [0.25, 0.3) is 0 Å². The fraction of sp³-hybridized carbons (Fsp3) is 0.250. The van der Waals surface area contributed by atoms with Gasteiger partial charge in [-0.25, -0.2) is 4.68 Å². The first kappa shape index (κ1) is 14.2. The molecule has 0 fully saturated rings. The van der Waals surface area contributed by atoms with Crippen LogP contribution in [0.15, 0.2) is 41.8 Å². The van der Waals surface area contributed by atoms with E-state index in [0.29, 0.717) is 18.3 Å². The number of nitrogens with zero attached hydrogens (tertiary/aromatic N) is 3. The molecule has 0 bridgehead atoms. The summed E-state index contributed by atoms with van der Waals surface area (Å²) in [5.74, 6) is 6.45. The van der Waals surface area contributed by atoms with Gasteiger partial charge in [0, 0.05) is 0 Å². The quantitative estimate of drug-likeness (QED) is 0.432. The molecule has 1 aromatic heterocycles. The molecule has 2 rings (SSSR count). The van der Waals surface area contributed by atoms with Crippen molar-refractivity contribution in [3.8, 4) is 5.75 Å². The molecule has 0 spiro atoms. The van der Waals surface area contributed by atoms with Crippen LogP contribution in [-0.2, 0) is 4.79 Å². The van der Waals surface area contributed by atoms with Gasteiger partial charge in [0.1, 0.15) is 18.7 Å². The van der Waals surface area contributed by atoms with Gasteiger partial charge in [-0.3, -0.25) is 4.79 Å². The van der Waals surface area contributed by atoms with Crippen LogP contribution in [0.5, 0.6) is 5.75 Å². The molecule has 0 saturated carbocycles. The largest absolute Gasteiger partial charge is 0.492 e. The van der Waals surface area contributed by atoms with Gasteiger partial charge < -0.3 is 15.9 Å². The molecular formula is C12H15N5O2S. The summed E-state index contributed by atoms with van der Waals surface area (Å²) in [6.07, 6.45) is 1.38. The summed E-state index contributed by atoms with van der Waals surface area (Å²) in [5, 5.41) is 10.6. The first-order valence-corrected chi connectivity index (χ1v) is 6.96. The standard InChI is InChI=1S/C12H15N5O2S/c13-17-9-15-16-12(17)20-8-11(18)14-6-7-19-10-4-2-1-3-5-10/h1-5,9H,6-8,13H2,(H,14,18). The minimum atomic E-state index is -0.102. The lowest BCUT2D eigenvalue weighted by Crippen LogP contribution is -2.29. The summed E-state index contributed by atoms with van der Waals surface area (Å²) < 4.78 is 6.73. The van der Waals surface area contributed by atoms with Crippen molar-refractivity contribution in [3.05, 3.63) is 36.7 Å². The van der Waals surface area contributed by atoms with E-state index in [4.69, 9.17) is 10.6 Å². The summed E-state index contributed by atoms with van der Waals surface area (Å²) in [7, 11) is 0. The van der Waals surface area contributed by atoms with E-state index in [-0.39, 0.29) is 11.7 Å². The zero-order valence-electron chi connectivity index (χ0n) is 10.7. The Morgan fingerprint density at radius 1 is 1.40 bits per heavy atom. The molecule has 7 nitrogen and oxygen atoms in total. The van der Waals surface area contributed by atoms with E-state index in [1.165, 1.54) is 22.8 Å². The second-order valence-electron chi connectivity index (χ2n) is 3.82. The Hall–Kier alpha value is -2.22. The Balaban J connectivity index is 1.60. The number of hydrogen-bond acceptors (Lipinski definition) is 6. The average Bonchev–Trinajstić information content (AvgIpc) is 2.88. The fourth-order valence-corrected chi connectivity index (χ4v) is 2.06. The van der Waals surface area contributed by atoms with Gasteiger partial charge in [-0.1, -0.05) is 30.0 Å². The number of ether oxygens (including phenoxy) is 1. The Bertz CT molecular complexity index is 546. The van der Waals surface area contributed by atoms with E-state index in [1.54, 1.807) is 0 Å². The molecule has 20 heavy (non-hydrogen) atoms. The summed E-state index contributed by atoms with van der Waals surface area (Å²) in [5.41, 5.74) is 0. The molecule has 0 saturated heterocycles. The zero-order chi connectivity index (χ0) is 14.2. The molecule has 0 aliphatic rings. The second-order valence-corrected chi connectivity index (χ2v) is 4.76. The monoisotopic (exact) mass is 293 g/mol. The Kier molecular flexibility index (Phi) is 5.24. The van der Waals surface area contributed by atoms with Crippen molar-refractivity contribution in [1.82, 2.24) is 20.2 Å². The topological polar surface area (TPSA) is 95.1 Å². The van der Waals surface area contributed by atoms with Crippen LogP contribution in [0.3, 0.4) is 0 Å². The maximum atomic E-state index is 11.6. The summed E-state index contributed by atoms with van der Waals surface area (Å²) >= 11 is 1.23. The van der Waals surface area contributed by atoms with Gasteiger partial charge in [0.05, 0.1) is 12.3 Å². The number of para-hydroxylation sites is 1. The van der Waals surface area contributed by atoms with Crippen molar-refractivity contribution >= 4 is 17.7 Å². The van der Waals surface area contributed by atoms with Crippen LogP contribution >= 0.6 is 11.8 Å². The number of nitrogen functional groups attached to an aromatic ring is 1. The number of rotatable bonds is 7. The molecular weight excluding hydrogens is 278 g/mol. The van der Waals surface area contributed by atoms with E-state index in [0.717, 1.165) is 5.75 Å². The van der Waals surface area contributed by atoms with E-state index < -0.39 is 0 Å². The van der Waals surface area contributed by atoms with E-state index in [9.17, 15) is 4.79 Å². The number of carbonyl (C=O) groups is 1. The van der Waals surface area contributed by atoms with Crippen molar-refractivity contribution in [2.75, 3.05) is 24.7 Å². The number of amides is 1. The predicted molar refractivity (Wildman–Crippen MR) is 75.8 cm³/mol. The molecule has 3 N–H and O–H groups in total. The molecule has 1 amide bonds. The molecule has 0 unspecified atom stereocenters. The highest BCUT2D eigenvalue weighted by atomic mass is 32.2. The number of thioether (sulfide) groups is 1. The van der Waals surface area contributed by atoms with Gasteiger partial charge in [0.15, 0.2) is 0 Å². The van der Waals surface area contributed by atoms with Crippen LogP contribution in [-0.4, -0.2) is 39.7 Å². The van der Waals surface area contributed by atoms with Gasteiger partial charge in [0.25, 0.3) is 0 Å². The third-order valence-electron chi connectivity index (χ3n) is 2.31. The molecule has 8 heteroatoms. The van der Waals surface area contributed by atoms with Gasteiger partial charge >= 0.3 is 0 Å². The van der Waals surface area contributed by atoms with Crippen LogP contribution in [0.1, 0.15) is 0 Å². The number of aromatic nitrogens is 3. The highest BCUT2D eigenvalue weighted by molar-refractivity contribution is 7.99. The lowest BCUT2D eigenvalue weighted by atomic mass is 10.3. The zero-order valence-corrected chi connectivity index (χ0v) is 11.5. The third kappa shape index (κ3) is 4.47. The van der Waals surface area contributed by atoms with Crippen LogP contribution in [0.2, 0.25) is 0 Å². The molecule has 0 radical (unpaired) electrons. The number of nitrogens with one attached hydrogen (secondary N) is 1. The van der Waals surface area contributed by atoms with Gasteiger partial charge in [-0.2, -0.15) is 0 Å². The summed E-state index contributed by atoms with van der Waals surface area (Å²) in [4.78, 5) is 11.6. The molecule has 1 heterocycles. The maximum Gasteiger partial charge on any atom is 0.230 e. The first-order chi connectivity index (χ1) is 9.75. The fourth-order valence-electron chi connectivity index (χ4n) is 1.39. The van der Waals surface area contributed by atoms with Crippen molar-refractivity contribution in [2.45, 2.75) is 5.16 Å². The molecule has 106 valence electrons. The smallest absolute Gasteiger partial charge is 0.230 e. The molecule has 0 atom stereocenters. The van der Waals surface area contributed by atoms with E-state index in [1.807, 2.05) is 30.3 Å². The number of carbonyl (C=O) groups excluding carboxylic acids is 1. The Labute approximate surface area is 120 Å². The minimum absolute atomic E-state index is 0.102. The van der Waals surface area contributed by atoms with Crippen molar-refractivity contribution in [2.24, 2.45) is 0 Å². The van der Waals surface area contributed by atoms with Crippen LogP contribution < -0.4 is 15.9 Å². The van der Waals surface area contributed by atoms with Gasteiger partial charge in [-0.15, -0.1) is 10.2 Å². The Morgan fingerprint density at radius 2 is 2.20 bits per heavy atom. The van der Waals surface area contributed by atoms with E-state index >= 15 is 0 Å². The summed E-state index contributed by atoms with van der Waals surface area (Å²) in [6, 6.07) is 9.45. The highest BCUT2D eigenvalue weighted by Gasteiger charge is 2.06. The molecule has 1 aromatic carbocycles. The molecule has 2 aromatic rings. The summed E-state index contributed by atoms with van der Waals surface area (Å²) in [6.45, 7) is 0.872.